The summed E-state index contributed by atoms with van der Waals surface area (Å²) in [5, 5.41) is 12.2. The van der Waals surface area contributed by atoms with Crippen LogP contribution in [0.25, 0.3) is 0 Å². The first-order chi connectivity index (χ1) is 15.6. The molecular formula is C23H31FN6O2. The van der Waals surface area contributed by atoms with Crippen molar-refractivity contribution in [3.05, 3.63) is 47.4 Å². The van der Waals surface area contributed by atoms with E-state index in [4.69, 9.17) is 0 Å². The second-order valence-corrected chi connectivity index (χ2v) is 7.84. The molecule has 3 rings (SSSR count). The van der Waals surface area contributed by atoms with Crippen LogP contribution in [0.3, 0.4) is 0 Å². The van der Waals surface area contributed by atoms with Crippen molar-refractivity contribution in [3.8, 4) is 0 Å². The lowest BCUT2D eigenvalue weighted by molar-refractivity contribution is -0.121. The lowest BCUT2D eigenvalue weighted by atomic mass is 10.2. The number of hydrogen-bond acceptors (Lipinski definition) is 6. The van der Waals surface area contributed by atoms with Gasteiger partial charge in [-0.05, 0) is 43.4 Å². The Morgan fingerprint density at radius 1 is 0.938 bits per heavy atom. The molecule has 32 heavy (non-hydrogen) atoms. The van der Waals surface area contributed by atoms with Crippen LogP contribution in [0, 0.1) is 5.82 Å². The van der Waals surface area contributed by atoms with Crippen LogP contribution in [0.2, 0.25) is 0 Å². The van der Waals surface area contributed by atoms with Gasteiger partial charge in [0, 0.05) is 38.8 Å². The molecule has 0 saturated carbocycles. The fourth-order valence-corrected chi connectivity index (χ4v) is 3.39. The van der Waals surface area contributed by atoms with Gasteiger partial charge in [0.1, 0.15) is 17.2 Å². The van der Waals surface area contributed by atoms with Crippen LogP contribution in [0.15, 0.2) is 30.5 Å². The van der Waals surface area contributed by atoms with Crippen LogP contribution in [-0.2, 0) is 11.3 Å². The maximum atomic E-state index is 13.1. The van der Waals surface area contributed by atoms with Gasteiger partial charge in [-0.1, -0.05) is 25.0 Å². The topological polar surface area (TPSA) is 108 Å². The quantitative estimate of drug-likeness (QED) is 0.581. The van der Waals surface area contributed by atoms with Crippen LogP contribution in [0.4, 0.5) is 16.2 Å². The predicted molar refractivity (Wildman–Crippen MR) is 122 cm³/mol. The van der Waals surface area contributed by atoms with Gasteiger partial charge in [0.25, 0.3) is 5.91 Å². The Bertz CT molecular complexity index is 891. The van der Waals surface area contributed by atoms with Gasteiger partial charge in [-0.3, -0.25) is 9.59 Å². The number of fused-ring (bicyclic) bond motifs is 2. The molecule has 1 aromatic heterocycles. The number of rotatable bonds is 3. The van der Waals surface area contributed by atoms with E-state index in [1.54, 1.807) is 12.1 Å². The molecule has 2 bridgehead atoms. The van der Waals surface area contributed by atoms with E-state index in [-0.39, 0.29) is 24.2 Å². The van der Waals surface area contributed by atoms with E-state index in [0.717, 1.165) is 57.2 Å². The first-order valence-corrected chi connectivity index (χ1v) is 11.3. The standard InChI is InChI=1S/C23H31FN6O2/c24-18-10-8-17(9-11-18)15-28-22(32)19-16-29-23-27-14-5-2-1-4-12-25-20(31)7-3-6-13-26-21(19)30-23/h8-11,16H,1-7,12-15H2,(H,25,31)(H,28,32)(H2,26,27,29,30). The predicted octanol–water partition coefficient (Wildman–Crippen LogP) is 3.23. The molecule has 2 aromatic rings. The monoisotopic (exact) mass is 442 g/mol. The number of hydrogen-bond donors (Lipinski definition) is 4. The highest BCUT2D eigenvalue weighted by Gasteiger charge is 2.15. The first-order valence-electron chi connectivity index (χ1n) is 11.3. The highest BCUT2D eigenvalue weighted by Crippen LogP contribution is 2.15. The Hall–Kier alpha value is -3.23. The van der Waals surface area contributed by atoms with Crippen molar-refractivity contribution in [2.45, 2.75) is 51.5 Å². The normalized spacial score (nSPS) is 16.1. The van der Waals surface area contributed by atoms with Crippen LogP contribution >= 0.6 is 0 Å². The highest BCUT2D eigenvalue weighted by atomic mass is 19.1. The molecule has 0 unspecified atom stereocenters. The fraction of sp³-hybridized carbons (Fsp3) is 0.478. The van der Waals surface area contributed by atoms with E-state index in [2.05, 4.69) is 31.2 Å². The lowest BCUT2D eigenvalue weighted by Gasteiger charge is -2.13. The summed E-state index contributed by atoms with van der Waals surface area (Å²) in [7, 11) is 0. The summed E-state index contributed by atoms with van der Waals surface area (Å²) >= 11 is 0. The number of carbonyl (C=O) groups is 2. The highest BCUT2D eigenvalue weighted by molar-refractivity contribution is 5.98. The molecule has 9 heteroatoms. The van der Waals surface area contributed by atoms with E-state index in [1.165, 1.54) is 18.3 Å². The van der Waals surface area contributed by atoms with E-state index in [9.17, 15) is 14.0 Å². The summed E-state index contributed by atoms with van der Waals surface area (Å²) in [6, 6.07) is 5.98. The first kappa shape index (κ1) is 23.4. The van der Waals surface area contributed by atoms with Gasteiger partial charge in [-0.2, -0.15) is 4.98 Å². The molecule has 0 radical (unpaired) electrons. The molecular weight excluding hydrogens is 411 g/mol. The fourth-order valence-electron chi connectivity index (χ4n) is 3.39. The third-order valence-corrected chi connectivity index (χ3v) is 5.23. The number of benzene rings is 1. The summed E-state index contributed by atoms with van der Waals surface area (Å²) in [4.78, 5) is 33.4. The Morgan fingerprint density at radius 3 is 2.41 bits per heavy atom. The van der Waals surface area contributed by atoms with Gasteiger partial charge in [-0.25, -0.2) is 9.37 Å². The molecule has 0 spiro atoms. The van der Waals surface area contributed by atoms with E-state index < -0.39 is 0 Å². The molecule has 0 atom stereocenters. The second-order valence-electron chi connectivity index (χ2n) is 7.84. The number of amides is 2. The minimum Gasteiger partial charge on any atom is -0.369 e. The van der Waals surface area contributed by atoms with E-state index in [0.29, 0.717) is 30.3 Å². The molecule has 1 aliphatic heterocycles. The molecule has 0 saturated heterocycles. The Labute approximate surface area is 187 Å². The van der Waals surface area contributed by atoms with Crippen molar-refractivity contribution in [1.82, 2.24) is 20.6 Å². The largest absolute Gasteiger partial charge is 0.369 e. The maximum absolute atomic E-state index is 13.1. The molecule has 0 fully saturated rings. The van der Waals surface area contributed by atoms with Crippen molar-refractivity contribution in [2.24, 2.45) is 0 Å². The minimum atomic E-state index is -0.317. The van der Waals surface area contributed by atoms with Gasteiger partial charge in [0.15, 0.2) is 0 Å². The number of nitrogens with zero attached hydrogens (tertiary/aromatic N) is 2. The lowest BCUT2D eigenvalue weighted by Crippen LogP contribution is -2.25. The summed E-state index contributed by atoms with van der Waals surface area (Å²) < 4.78 is 13.1. The zero-order chi connectivity index (χ0) is 22.6. The average Bonchev–Trinajstić information content (AvgIpc) is 2.80. The summed E-state index contributed by atoms with van der Waals surface area (Å²) in [5.74, 6) is 0.383. The van der Waals surface area contributed by atoms with Crippen molar-refractivity contribution < 1.29 is 14.0 Å². The van der Waals surface area contributed by atoms with E-state index in [1.807, 2.05) is 0 Å². The molecule has 1 aliphatic rings. The molecule has 8 nitrogen and oxygen atoms in total. The molecule has 172 valence electrons. The van der Waals surface area contributed by atoms with Gasteiger partial charge in [-0.15, -0.1) is 0 Å². The third-order valence-electron chi connectivity index (χ3n) is 5.23. The Kier molecular flexibility index (Phi) is 9.21. The molecule has 2 amide bonds. The van der Waals surface area contributed by atoms with Gasteiger partial charge >= 0.3 is 0 Å². The third kappa shape index (κ3) is 7.79. The minimum absolute atomic E-state index is 0.0844. The zero-order valence-electron chi connectivity index (χ0n) is 18.3. The van der Waals surface area contributed by atoms with Gasteiger partial charge < -0.3 is 21.3 Å². The molecule has 4 N–H and O–H groups in total. The summed E-state index contributed by atoms with van der Waals surface area (Å²) in [5.41, 5.74) is 1.14. The van der Waals surface area contributed by atoms with E-state index >= 15 is 0 Å². The van der Waals surface area contributed by atoms with Crippen LogP contribution < -0.4 is 21.3 Å². The van der Waals surface area contributed by atoms with Crippen LogP contribution in [-0.4, -0.2) is 41.4 Å². The van der Waals surface area contributed by atoms with Gasteiger partial charge in [0.05, 0.1) is 0 Å². The van der Waals surface area contributed by atoms with Crippen LogP contribution in [0.1, 0.15) is 60.9 Å². The van der Waals surface area contributed by atoms with Crippen molar-refractivity contribution in [2.75, 3.05) is 30.3 Å². The number of nitrogens with one attached hydrogen (secondary N) is 4. The Balaban J connectivity index is 1.65. The average molecular weight is 443 g/mol. The number of aromatic nitrogens is 2. The SMILES string of the molecule is O=C1CCCCNc2nc(ncc2C(=O)NCc2ccc(F)cc2)NCCCCCCN1. The maximum Gasteiger partial charge on any atom is 0.256 e. The smallest absolute Gasteiger partial charge is 0.256 e. The molecule has 0 aliphatic carbocycles. The van der Waals surface area contributed by atoms with Crippen molar-refractivity contribution in [1.29, 1.82) is 0 Å². The zero-order valence-corrected chi connectivity index (χ0v) is 18.3. The molecule has 2 heterocycles. The van der Waals surface area contributed by atoms with Crippen molar-refractivity contribution in [3.63, 3.8) is 0 Å². The second kappa shape index (κ2) is 12.6. The summed E-state index contributed by atoms with van der Waals surface area (Å²) in [6.45, 7) is 2.32. The number of carbonyl (C=O) groups excluding carboxylic acids is 2. The van der Waals surface area contributed by atoms with Crippen LogP contribution in [0.5, 0.6) is 0 Å². The molecule has 1 aromatic carbocycles. The van der Waals surface area contributed by atoms with Gasteiger partial charge in [0.2, 0.25) is 11.9 Å². The number of anilines is 2. The number of halogens is 1. The Morgan fingerprint density at radius 2 is 1.62 bits per heavy atom. The van der Waals surface area contributed by atoms with Crippen molar-refractivity contribution >= 4 is 23.6 Å². The summed E-state index contributed by atoms with van der Waals surface area (Å²) in [6.07, 6.45) is 7.59.